The van der Waals surface area contributed by atoms with E-state index in [1.807, 2.05) is 0 Å². The van der Waals surface area contributed by atoms with Crippen LogP contribution < -0.4 is 4.90 Å². The first-order chi connectivity index (χ1) is 10.1. The van der Waals surface area contributed by atoms with Crippen molar-refractivity contribution >= 4 is 17.8 Å². The molecule has 1 aliphatic rings. The minimum Gasteiger partial charge on any atom is -0.481 e. The van der Waals surface area contributed by atoms with Crippen LogP contribution in [-0.2, 0) is 9.53 Å². The highest BCUT2D eigenvalue weighted by molar-refractivity contribution is 5.89. The Balaban J connectivity index is 2.01. The minimum atomic E-state index is -0.757. The predicted octanol–water partition coefficient (Wildman–Crippen LogP) is 1.95. The smallest absolute Gasteiger partial charge is 0.339 e. The van der Waals surface area contributed by atoms with Crippen LogP contribution in [0.5, 0.6) is 0 Å². The molecule has 1 aliphatic heterocycles. The maximum atomic E-state index is 11.6. The summed E-state index contributed by atoms with van der Waals surface area (Å²) in [5.41, 5.74) is 0.430. The molecule has 0 saturated carbocycles. The lowest BCUT2D eigenvalue weighted by Gasteiger charge is -2.33. The van der Waals surface area contributed by atoms with Gasteiger partial charge in [-0.1, -0.05) is 0 Å². The van der Waals surface area contributed by atoms with Crippen LogP contribution in [-0.4, -0.2) is 41.7 Å². The van der Waals surface area contributed by atoms with E-state index < -0.39 is 5.97 Å². The lowest BCUT2D eigenvalue weighted by Crippen LogP contribution is -2.36. The number of carbonyl (C=O) groups is 2. The van der Waals surface area contributed by atoms with Crippen LogP contribution in [0.4, 0.5) is 5.82 Å². The number of piperidine rings is 1. The van der Waals surface area contributed by atoms with Crippen molar-refractivity contribution < 1.29 is 19.4 Å². The van der Waals surface area contributed by atoms with Crippen LogP contribution in [0.15, 0.2) is 18.3 Å². The van der Waals surface area contributed by atoms with Gasteiger partial charge in [0, 0.05) is 25.7 Å². The molecule has 1 aromatic rings. The van der Waals surface area contributed by atoms with Crippen molar-refractivity contribution in [1.82, 2.24) is 4.98 Å². The standard InChI is InChI=1S/C15H20N2O4/c1-2-21-15(20)12-5-6-13(16-9-12)17-7-3-4-11(10-17)8-14(18)19/h5-6,9,11H,2-4,7-8,10H2,1H3,(H,18,19). The van der Waals surface area contributed by atoms with Crippen LogP contribution in [0, 0.1) is 5.92 Å². The van der Waals surface area contributed by atoms with E-state index in [-0.39, 0.29) is 18.3 Å². The van der Waals surface area contributed by atoms with E-state index in [0.717, 1.165) is 25.2 Å². The number of aliphatic carboxylic acids is 1. The van der Waals surface area contributed by atoms with Gasteiger partial charge in [-0.25, -0.2) is 9.78 Å². The molecule has 0 amide bonds. The number of carboxylic acids is 1. The quantitative estimate of drug-likeness (QED) is 0.836. The number of hydrogen-bond donors (Lipinski definition) is 1. The Morgan fingerprint density at radius 2 is 2.29 bits per heavy atom. The lowest BCUT2D eigenvalue weighted by molar-refractivity contribution is -0.138. The van der Waals surface area contributed by atoms with E-state index in [1.165, 1.54) is 6.20 Å². The molecular weight excluding hydrogens is 272 g/mol. The number of anilines is 1. The van der Waals surface area contributed by atoms with Crippen molar-refractivity contribution in [2.24, 2.45) is 5.92 Å². The summed E-state index contributed by atoms with van der Waals surface area (Å²) < 4.78 is 4.92. The van der Waals surface area contributed by atoms with Gasteiger partial charge >= 0.3 is 11.9 Å². The molecular formula is C15H20N2O4. The molecule has 2 heterocycles. The van der Waals surface area contributed by atoms with E-state index in [2.05, 4.69) is 9.88 Å². The van der Waals surface area contributed by atoms with E-state index in [1.54, 1.807) is 19.1 Å². The van der Waals surface area contributed by atoms with Crippen LogP contribution in [0.2, 0.25) is 0 Å². The molecule has 21 heavy (non-hydrogen) atoms. The Morgan fingerprint density at radius 1 is 1.48 bits per heavy atom. The molecule has 6 nitrogen and oxygen atoms in total. The van der Waals surface area contributed by atoms with Crippen molar-refractivity contribution in [3.63, 3.8) is 0 Å². The lowest BCUT2D eigenvalue weighted by atomic mass is 9.95. The van der Waals surface area contributed by atoms with Crippen molar-refractivity contribution in [3.05, 3.63) is 23.9 Å². The topological polar surface area (TPSA) is 79.7 Å². The molecule has 1 atom stereocenters. The van der Waals surface area contributed by atoms with Gasteiger partial charge in [0.1, 0.15) is 5.82 Å². The van der Waals surface area contributed by atoms with Gasteiger partial charge < -0.3 is 14.7 Å². The van der Waals surface area contributed by atoms with Gasteiger partial charge in [-0.15, -0.1) is 0 Å². The van der Waals surface area contributed by atoms with Gasteiger partial charge in [-0.05, 0) is 37.8 Å². The zero-order valence-corrected chi connectivity index (χ0v) is 12.1. The minimum absolute atomic E-state index is 0.155. The number of carboxylic acid groups (broad SMARTS) is 1. The second-order valence-corrected chi connectivity index (χ2v) is 5.18. The monoisotopic (exact) mass is 292 g/mol. The summed E-state index contributed by atoms with van der Waals surface area (Å²) in [6, 6.07) is 3.48. The maximum Gasteiger partial charge on any atom is 0.339 e. The molecule has 1 aromatic heterocycles. The number of esters is 1. The summed E-state index contributed by atoms with van der Waals surface area (Å²) in [7, 11) is 0. The molecule has 6 heteroatoms. The largest absolute Gasteiger partial charge is 0.481 e. The summed E-state index contributed by atoms with van der Waals surface area (Å²) >= 11 is 0. The number of ether oxygens (including phenoxy) is 1. The maximum absolute atomic E-state index is 11.6. The molecule has 0 spiro atoms. The van der Waals surface area contributed by atoms with Gasteiger partial charge in [-0.3, -0.25) is 4.79 Å². The summed E-state index contributed by atoms with van der Waals surface area (Å²) in [5.74, 6) is -0.202. The van der Waals surface area contributed by atoms with Crippen LogP contribution in [0.1, 0.15) is 36.5 Å². The highest BCUT2D eigenvalue weighted by atomic mass is 16.5. The molecule has 0 bridgehead atoms. The van der Waals surface area contributed by atoms with E-state index in [4.69, 9.17) is 9.84 Å². The van der Waals surface area contributed by atoms with Crippen molar-refractivity contribution in [2.45, 2.75) is 26.2 Å². The van der Waals surface area contributed by atoms with Gasteiger partial charge in [0.2, 0.25) is 0 Å². The first-order valence-electron chi connectivity index (χ1n) is 7.20. The fraction of sp³-hybridized carbons (Fsp3) is 0.533. The SMILES string of the molecule is CCOC(=O)c1ccc(N2CCCC(CC(=O)O)C2)nc1. The molecule has 0 aromatic carbocycles. The fourth-order valence-electron chi connectivity index (χ4n) is 2.60. The van der Waals surface area contributed by atoms with Gasteiger partial charge in [0.15, 0.2) is 0 Å². The molecule has 1 fully saturated rings. The molecule has 1 N–H and O–H groups in total. The second-order valence-electron chi connectivity index (χ2n) is 5.18. The summed E-state index contributed by atoms with van der Waals surface area (Å²) in [5, 5.41) is 8.89. The van der Waals surface area contributed by atoms with Gasteiger partial charge in [-0.2, -0.15) is 0 Å². The third-order valence-corrected chi connectivity index (χ3v) is 3.57. The molecule has 114 valence electrons. The fourth-order valence-corrected chi connectivity index (χ4v) is 2.60. The van der Waals surface area contributed by atoms with Crippen LogP contribution in [0.25, 0.3) is 0 Å². The number of hydrogen-bond acceptors (Lipinski definition) is 5. The normalized spacial score (nSPS) is 18.3. The Bertz CT molecular complexity index is 501. The first-order valence-corrected chi connectivity index (χ1v) is 7.20. The van der Waals surface area contributed by atoms with Crippen molar-refractivity contribution in [2.75, 3.05) is 24.6 Å². The molecule has 0 radical (unpaired) electrons. The zero-order chi connectivity index (χ0) is 15.2. The predicted molar refractivity (Wildman–Crippen MR) is 77.4 cm³/mol. The van der Waals surface area contributed by atoms with Crippen LogP contribution in [0.3, 0.4) is 0 Å². The number of nitrogens with zero attached hydrogens (tertiary/aromatic N) is 2. The highest BCUT2D eigenvalue weighted by Crippen LogP contribution is 2.23. The molecule has 1 saturated heterocycles. The number of rotatable bonds is 5. The number of carbonyl (C=O) groups excluding carboxylic acids is 1. The third-order valence-electron chi connectivity index (χ3n) is 3.57. The average Bonchev–Trinajstić information content (AvgIpc) is 2.47. The Kier molecular flexibility index (Phi) is 5.14. The summed E-state index contributed by atoms with van der Waals surface area (Å²) in [6.45, 7) is 3.65. The average molecular weight is 292 g/mol. The second kappa shape index (κ2) is 7.06. The highest BCUT2D eigenvalue weighted by Gasteiger charge is 2.23. The molecule has 2 rings (SSSR count). The Morgan fingerprint density at radius 3 is 2.90 bits per heavy atom. The number of pyridine rings is 1. The van der Waals surface area contributed by atoms with E-state index in [0.29, 0.717) is 18.7 Å². The van der Waals surface area contributed by atoms with E-state index >= 15 is 0 Å². The number of aromatic nitrogens is 1. The Labute approximate surface area is 123 Å². The Hall–Kier alpha value is -2.11. The zero-order valence-electron chi connectivity index (χ0n) is 12.1. The third kappa shape index (κ3) is 4.18. The van der Waals surface area contributed by atoms with Crippen molar-refractivity contribution in [3.8, 4) is 0 Å². The summed E-state index contributed by atoms with van der Waals surface area (Å²) in [4.78, 5) is 28.7. The molecule has 0 aliphatic carbocycles. The van der Waals surface area contributed by atoms with Gasteiger partial charge in [0.05, 0.1) is 12.2 Å². The first kappa shape index (κ1) is 15.3. The van der Waals surface area contributed by atoms with E-state index in [9.17, 15) is 9.59 Å². The van der Waals surface area contributed by atoms with Gasteiger partial charge in [0.25, 0.3) is 0 Å². The van der Waals surface area contributed by atoms with Crippen LogP contribution >= 0.6 is 0 Å². The molecule has 1 unspecified atom stereocenters. The van der Waals surface area contributed by atoms with Crippen molar-refractivity contribution in [1.29, 1.82) is 0 Å². The summed E-state index contributed by atoms with van der Waals surface area (Å²) in [6.07, 6.45) is 3.59.